The molecular formula is C14H15F3N2O. The van der Waals surface area contributed by atoms with E-state index in [1.807, 2.05) is 30.3 Å². The number of allylic oxidation sites excluding steroid dienone is 1. The predicted octanol–water partition coefficient (Wildman–Crippen LogP) is 3.39. The summed E-state index contributed by atoms with van der Waals surface area (Å²) in [6.07, 6.45) is -0.860. The fourth-order valence-electron chi connectivity index (χ4n) is 1.86. The van der Waals surface area contributed by atoms with Crippen molar-refractivity contribution in [1.82, 2.24) is 5.43 Å². The molecule has 1 atom stereocenters. The van der Waals surface area contributed by atoms with Crippen molar-refractivity contribution < 1.29 is 17.9 Å². The highest BCUT2D eigenvalue weighted by Crippen LogP contribution is 2.39. The van der Waals surface area contributed by atoms with Gasteiger partial charge in [-0.15, -0.1) is 0 Å². The maximum atomic E-state index is 12.9. The van der Waals surface area contributed by atoms with Crippen LogP contribution in [0, 0.1) is 0 Å². The molecule has 0 radical (unpaired) electrons. The molecule has 1 aromatic carbocycles. The Morgan fingerprint density at radius 1 is 1.15 bits per heavy atom. The van der Waals surface area contributed by atoms with Crippen LogP contribution in [0.2, 0.25) is 0 Å². The van der Waals surface area contributed by atoms with Crippen molar-refractivity contribution >= 4 is 5.69 Å². The molecule has 0 spiro atoms. The Bertz CT molecular complexity index is 511. The lowest BCUT2D eigenvalue weighted by molar-refractivity contribution is -0.248. The van der Waals surface area contributed by atoms with E-state index in [-0.39, 0.29) is 6.42 Å². The van der Waals surface area contributed by atoms with Gasteiger partial charge in [-0.1, -0.05) is 24.3 Å². The van der Waals surface area contributed by atoms with Gasteiger partial charge in [-0.3, -0.25) is 0 Å². The second kappa shape index (κ2) is 5.58. The van der Waals surface area contributed by atoms with Gasteiger partial charge in [0.1, 0.15) is 0 Å². The Balaban J connectivity index is 1.98. The van der Waals surface area contributed by atoms with E-state index in [2.05, 4.69) is 15.6 Å². The van der Waals surface area contributed by atoms with Gasteiger partial charge in [0.2, 0.25) is 0 Å². The minimum Gasteiger partial charge on any atom is -0.364 e. The third kappa shape index (κ3) is 2.96. The molecule has 1 aliphatic carbocycles. The van der Waals surface area contributed by atoms with Gasteiger partial charge in [0.25, 0.3) is 0 Å². The highest BCUT2D eigenvalue weighted by atomic mass is 19.4. The zero-order valence-electron chi connectivity index (χ0n) is 10.9. The number of para-hydroxylation sites is 1. The summed E-state index contributed by atoms with van der Waals surface area (Å²) in [5.41, 5.74) is 4.91. The molecule has 1 aliphatic rings. The van der Waals surface area contributed by atoms with E-state index in [1.54, 1.807) is 0 Å². The number of benzene rings is 1. The van der Waals surface area contributed by atoms with Crippen LogP contribution < -0.4 is 10.9 Å². The summed E-state index contributed by atoms with van der Waals surface area (Å²) < 4.78 is 43.4. The van der Waals surface area contributed by atoms with Crippen molar-refractivity contribution in [1.29, 1.82) is 0 Å². The van der Waals surface area contributed by atoms with Gasteiger partial charge in [0.05, 0.1) is 5.69 Å². The number of anilines is 1. The van der Waals surface area contributed by atoms with Crippen LogP contribution in [0.5, 0.6) is 0 Å². The Morgan fingerprint density at radius 2 is 1.85 bits per heavy atom. The third-order valence-corrected chi connectivity index (χ3v) is 3.13. The SMILES string of the molecule is COC1(C(F)(F)F)C=CC(NNc2ccccc2)=CC1. The summed E-state index contributed by atoms with van der Waals surface area (Å²) in [5.74, 6) is 0. The summed E-state index contributed by atoms with van der Waals surface area (Å²) >= 11 is 0. The largest absolute Gasteiger partial charge is 0.421 e. The van der Waals surface area contributed by atoms with Crippen LogP contribution in [0.1, 0.15) is 6.42 Å². The number of rotatable bonds is 4. The smallest absolute Gasteiger partial charge is 0.364 e. The molecular weight excluding hydrogens is 269 g/mol. The quantitative estimate of drug-likeness (QED) is 0.831. The minimum absolute atomic E-state index is 0.262. The molecule has 1 unspecified atom stereocenters. The first-order valence-electron chi connectivity index (χ1n) is 6.05. The summed E-state index contributed by atoms with van der Waals surface area (Å²) in [4.78, 5) is 0. The fourth-order valence-corrected chi connectivity index (χ4v) is 1.86. The number of halogens is 3. The van der Waals surface area contributed by atoms with E-state index >= 15 is 0 Å². The van der Waals surface area contributed by atoms with Crippen LogP contribution in [-0.2, 0) is 4.74 Å². The molecule has 2 rings (SSSR count). The van der Waals surface area contributed by atoms with Gasteiger partial charge in [-0.25, -0.2) is 0 Å². The first-order valence-corrected chi connectivity index (χ1v) is 6.05. The second-order valence-electron chi connectivity index (χ2n) is 4.40. The molecule has 0 fully saturated rings. The summed E-state index contributed by atoms with van der Waals surface area (Å²) in [7, 11) is 1.06. The van der Waals surface area contributed by atoms with Crippen molar-refractivity contribution in [3.8, 4) is 0 Å². The van der Waals surface area contributed by atoms with Crippen LogP contribution >= 0.6 is 0 Å². The Morgan fingerprint density at radius 3 is 2.35 bits per heavy atom. The molecule has 0 saturated heterocycles. The number of methoxy groups -OCH3 is 1. The van der Waals surface area contributed by atoms with Crippen LogP contribution in [-0.4, -0.2) is 18.9 Å². The fraction of sp³-hybridized carbons (Fsp3) is 0.286. The van der Waals surface area contributed by atoms with Gasteiger partial charge in [0, 0.05) is 19.2 Å². The molecule has 2 N–H and O–H groups in total. The Labute approximate surface area is 115 Å². The maximum Gasteiger partial charge on any atom is 0.421 e. The molecule has 0 saturated carbocycles. The molecule has 20 heavy (non-hydrogen) atoms. The highest BCUT2D eigenvalue weighted by Gasteiger charge is 2.53. The molecule has 3 nitrogen and oxygen atoms in total. The molecule has 108 valence electrons. The lowest BCUT2D eigenvalue weighted by Crippen LogP contribution is -2.46. The number of hydrogen-bond acceptors (Lipinski definition) is 3. The van der Waals surface area contributed by atoms with Crippen LogP contribution in [0.15, 0.2) is 54.3 Å². The molecule has 6 heteroatoms. The van der Waals surface area contributed by atoms with Gasteiger partial charge in [-0.05, 0) is 24.3 Å². The number of ether oxygens (including phenoxy) is 1. The van der Waals surface area contributed by atoms with Crippen LogP contribution in [0.3, 0.4) is 0 Å². The zero-order valence-corrected chi connectivity index (χ0v) is 10.9. The summed E-state index contributed by atoms with van der Waals surface area (Å²) in [5, 5.41) is 0. The number of nitrogens with one attached hydrogen (secondary N) is 2. The van der Waals surface area contributed by atoms with E-state index in [0.29, 0.717) is 5.70 Å². The zero-order chi connectivity index (χ0) is 14.6. The average Bonchev–Trinajstić information content (AvgIpc) is 2.45. The van der Waals surface area contributed by atoms with Crippen molar-refractivity contribution in [3.05, 3.63) is 54.3 Å². The van der Waals surface area contributed by atoms with E-state index < -0.39 is 11.8 Å². The van der Waals surface area contributed by atoms with Crippen molar-refractivity contribution in [3.63, 3.8) is 0 Å². The average molecular weight is 284 g/mol. The number of hydrogen-bond donors (Lipinski definition) is 2. The minimum atomic E-state index is -4.44. The summed E-state index contributed by atoms with van der Waals surface area (Å²) in [6, 6.07) is 9.27. The Hall–Kier alpha value is -1.95. The van der Waals surface area contributed by atoms with Crippen molar-refractivity contribution in [2.75, 3.05) is 12.5 Å². The van der Waals surface area contributed by atoms with E-state index in [4.69, 9.17) is 0 Å². The molecule has 0 aromatic heterocycles. The monoisotopic (exact) mass is 284 g/mol. The first-order chi connectivity index (χ1) is 9.47. The first kappa shape index (κ1) is 14.5. The van der Waals surface area contributed by atoms with Gasteiger partial charge in [0.15, 0.2) is 5.60 Å². The Kier molecular flexibility index (Phi) is 4.04. The van der Waals surface area contributed by atoms with Crippen LogP contribution in [0.25, 0.3) is 0 Å². The van der Waals surface area contributed by atoms with Crippen molar-refractivity contribution in [2.24, 2.45) is 0 Å². The number of hydrazine groups is 1. The normalized spacial score (nSPS) is 22.3. The standard InChI is InChI=1S/C14H15F3N2O/c1-20-13(14(15,16)17)9-7-12(8-10-13)19-18-11-5-3-2-4-6-11/h2-9,18-19H,10H2,1H3. The van der Waals surface area contributed by atoms with E-state index in [9.17, 15) is 13.2 Å². The van der Waals surface area contributed by atoms with Crippen molar-refractivity contribution in [2.45, 2.75) is 18.2 Å². The van der Waals surface area contributed by atoms with Gasteiger partial charge >= 0.3 is 6.18 Å². The lowest BCUT2D eigenvalue weighted by atomic mass is 9.93. The van der Waals surface area contributed by atoms with E-state index in [0.717, 1.165) is 18.9 Å². The highest BCUT2D eigenvalue weighted by molar-refractivity contribution is 5.43. The number of alkyl halides is 3. The molecule has 1 aromatic rings. The lowest BCUT2D eigenvalue weighted by Gasteiger charge is -2.33. The molecule has 0 heterocycles. The topological polar surface area (TPSA) is 33.3 Å². The molecule has 0 aliphatic heterocycles. The maximum absolute atomic E-state index is 12.9. The second-order valence-corrected chi connectivity index (χ2v) is 4.40. The third-order valence-electron chi connectivity index (χ3n) is 3.13. The van der Waals surface area contributed by atoms with Gasteiger partial charge < -0.3 is 15.6 Å². The molecule has 0 amide bonds. The predicted molar refractivity (Wildman–Crippen MR) is 70.8 cm³/mol. The molecule has 0 bridgehead atoms. The van der Waals surface area contributed by atoms with E-state index in [1.165, 1.54) is 12.2 Å². The van der Waals surface area contributed by atoms with Crippen LogP contribution in [0.4, 0.5) is 18.9 Å². The summed E-state index contributed by atoms with van der Waals surface area (Å²) in [6.45, 7) is 0. The van der Waals surface area contributed by atoms with Gasteiger partial charge in [-0.2, -0.15) is 13.2 Å².